The minimum absolute atomic E-state index is 0.0404. The summed E-state index contributed by atoms with van der Waals surface area (Å²) in [5.41, 5.74) is 6.84. The van der Waals surface area contributed by atoms with Crippen LogP contribution in [0.1, 0.15) is 24.0 Å². The third kappa shape index (κ3) is 6.04. The predicted molar refractivity (Wildman–Crippen MR) is 127 cm³/mol. The molecule has 3 rings (SSSR count). The van der Waals surface area contributed by atoms with Crippen molar-refractivity contribution in [2.75, 3.05) is 20.2 Å². The molecule has 1 atom stereocenters. The van der Waals surface area contributed by atoms with Crippen molar-refractivity contribution >= 4 is 39.3 Å². The van der Waals surface area contributed by atoms with Crippen molar-refractivity contribution < 1.29 is 22.7 Å². The summed E-state index contributed by atoms with van der Waals surface area (Å²) in [6.07, 6.45) is 1.12. The Hall–Kier alpha value is -3.15. The second-order valence-electron chi connectivity index (χ2n) is 7.69. The molecule has 1 saturated heterocycles. The van der Waals surface area contributed by atoms with Crippen LogP contribution in [0.15, 0.2) is 47.4 Å². The van der Waals surface area contributed by atoms with Crippen LogP contribution in [0.4, 0.5) is 0 Å². The quantitative estimate of drug-likeness (QED) is 0.295. The molecule has 182 valence electrons. The minimum Gasteiger partial charge on any atom is -0.495 e. The average Bonchev–Trinajstić information content (AvgIpc) is 3.31. The van der Waals surface area contributed by atoms with Crippen molar-refractivity contribution in [2.24, 2.45) is 5.73 Å². The molecule has 1 fully saturated rings. The molecule has 2 amide bonds. The highest BCUT2D eigenvalue weighted by Crippen LogP contribution is 2.27. The van der Waals surface area contributed by atoms with Crippen molar-refractivity contribution in [3.05, 3.63) is 58.6 Å². The van der Waals surface area contributed by atoms with Gasteiger partial charge in [0.15, 0.2) is 0 Å². The van der Waals surface area contributed by atoms with E-state index < -0.39 is 28.5 Å². The number of amidine groups is 1. The van der Waals surface area contributed by atoms with Gasteiger partial charge in [0.25, 0.3) is 0 Å². The number of ether oxygens (including phenoxy) is 1. The Morgan fingerprint density at radius 1 is 1.24 bits per heavy atom. The van der Waals surface area contributed by atoms with Gasteiger partial charge >= 0.3 is 0 Å². The molecule has 5 N–H and O–H groups in total. The molecular formula is C22H26ClN5O5S. The van der Waals surface area contributed by atoms with Gasteiger partial charge in [-0.3, -0.25) is 15.0 Å². The van der Waals surface area contributed by atoms with Crippen LogP contribution in [0.25, 0.3) is 0 Å². The Balaban J connectivity index is 1.57. The van der Waals surface area contributed by atoms with E-state index in [4.69, 9.17) is 27.5 Å². The van der Waals surface area contributed by atoms with Gasteiger partial charge < -0.3 is 20.7 Å². The zero-order chi connectivity index (χ0) is 24.9. The van der Waals surface area contributed by atoms with Crippen LogP contribution in [0.3, 0.4) is 0 Å². The number of carbonyl (C=O) groups excluding carboxylic acids is 2. The number of nitrogens with zero attached hydrogens (tertiary/aromatic N) is 1. The Morgan fingerprint density at radius 2 is 1.94 bits per heavy atom. The van der Waals surface area contributed by atoms with Crippen molar-refractivity contribution in [1.29, 1.82) is 5.41 Å². The van der Waals surface area contributed by atoms with Gasteiger partial charge in [-0.2, -0.15) is 0 Å². The summed E-state index contributed by atoms with van der Waals surface area (Å²) in [6.45, 7) is 0.128. The zero-order valence-corrected chi connectivity index (χ0v) is 20.1. The minimum atomic E-state index is -3.99. The number of nitrogen functional groups attached to an aromatic ring is 1. The summed E-state index contributed by atoms with van der Waals surface area (Å²) in [5, 5.41) is 10.4. The van der Waals surface area contributed by atoms with E-state index in [2.05, 4.69) is 10.0 Å². The van der Waals surface area contributed by atoms with Crippen LogP contribution in [-0.4, -0.2) is 57.2 Å². The van der Waals surface area contributed by atoms with Crippen LogP contribution in [-0.2, 0) is 26.2 Å². The Kier molecular flexibility index (Phi) is 8.13. The first-order chi connectivity index (χ1) is 16.1. The van der Waals surface area contributed by atoms with Crippen LogP contribution in [0.2, 0.25) is 5.02 Å². The van der Waals surface area contributed by atoms with Crippen LogP contribution in [0, 0.1) is 5.41 Å². The lowest BCUT2D eigenvalue weighted by Gasteiger charge is -2.24. The zero-order valence-electron chi connectivity index (χ0n) is 18.5. The number of carbonyl (C=O) groups is 2. The van der Waals surface area contributed by atoms with Crippen LogP contribution in [0.5, 0.6) is 5.75 Å². The maximum atomic E-state index is 12.7. The van der Waals surface area contributed by atoms with Gasteiger partial charge in [0.1, 0.15) is 17.6 Å². The summed E-state index contributed by atoms with van der Waals surface area (Å²) >= 11 is 6.00. The first kappa shape index (κ1) is 25.5. The second kappa shape index (κ2) is 10.9. The lowest BCUT2D eigenvalue weighted by Crippen LogP contribution is -2.48. The topological polar surface area (TPSA) is 155 Å². The monoisotopic (exact) mass is 507 g/mol. The van der Waals surface area contributed by atoms with Crippen molar-refractivity contribution in [1.82, 2.24) is 14.9 Å². The number of amides is 2. The maximum absolute atomic E-state index is 12.7. The Bertz CT molecular complexity index is 1190. The molecule has 0 unspecified atom stereocenters. The smallest absolute Gasteiger partial charge is 0.243 e. The number of nitrogens with two attached hydrogens (primary N) is 1. The van der Waals surface area contributed by atoms with Crippen LogP contribution >= 0.6 is 11.6 Å². The Labute approximate surface area is 203 Å². The van der Waals surface area contributed by atoms with Gasteiger partial charge in [-0.15, -0.1) is 0 Å². The first-order valence-electron chi connectivity index (χ1n) is 10.5. The number of hydrogen-bond acceptors (Lipinski definition) is 6. The number of hydrogen-bond donors (Lipinski definition) is 4. The second-order valence-corrected chi connectivity index (χ2v) is 9.87. The fourth-order valence-corrected chi connectivity index (χ4v) is 4.93. The fourth-order valence-electron chi connectivity index (χ4n) is 3.60. The van der Waals surface area contributed by atoms with Gasteiger partial charge in [0.05, 0.1) is 23.6 Å². The molecule has 1 aliphatic rings. The molecule has 0 radical (unpaired) electrons. The van der Waals surface area contributed by atoms with Crippen molar-refractivity contribution in [3.8, 4) is 5.75 Å². The highest BCUT2D eigenvalue weighted by Gasteiger charge is 2.34. The van der Waals surface area contributed by atoms with E-state index >= 15 is 0 Å². The normalized spacial score (nSPS) is 15.7. The molecule has 0 aliphatic carbocycles. The standard InChI is InChI=1S/C22H26ClN5O5S/c1-33-19-9-8-16(11-17(19)23)34(31,32)27-13-20(29)28-10-2-3-18(28)22(30)26-12-14-4-6-15(7-5-14)21(24)25/h4-9,11,18,27H,2-3,10,12-13H2,1H3,(H3,24,25)(H,26,30)/t18-/m0/s1. The highest BCUT2D eigenvalue weighted by atomic mass is 35.5. The fraction of sp³-hybridized carbons (Fsp3) is 0.318. The number of likely N-dealkylation sites (tertiary alicyclic amines) is 1. The van der Waals surface area contributed by atoms with Gasteiger partial charge in [-0.25, -0.2) is 13.1 Å². The van der Waals surface area contributed by atoms with E-state index in [0.717, 1.165) is 5.56 Å². The van der Waals surface area contributed by atoms with Gasteiger partial charge in [-0.05, 0) is 36.6 Å². The lowest BCUT2D eigenvalue weighted by atomic mass is 10.1. The van der Waals surface area contributed by atoms with E-state index in [0.29, 0.717) is 30.7 Å². The van der Waals surface area contributed by atoms with E-state index in [1.54, 1.807) is 24.3 Å². The molecule has 0 saturated carbocycles. The van der Waals surface area contributed by atoms with Crippen molar-refractivity contribution in [2.45, 2.75) is 30.3 Å². The SMILES string of the molecule is COc1ccc(S(=O)(=O)NCC(=O)N2CCC[C@H]2C(=O)NCc2ccc(C(=N)N)cc2)cc1Cl. The molecule has 2 aromatic carbocycles. The first-order valence-corrected chi connectivity index (χ1v) is 12.3. The molecule has 0 aromatic heterocycles. The molecule has 34 heavy (non-hydrogen) atoms. The predicted octanol–water partition coefficient (Wildman–Crippen LogP) is 1.22. The summed E-state index contributed by atoms with van der Waals surface area (Å²) in [5.74, 6) is -0.517. The third-order valence-electron chi connectivity index (χ3n) is 5.45. The maximum Gasteiger partial charge on any atom is 0.243 e. The van der Waals surface area contributed by atoms with E-state index in [1.807, 2.05) is 0 Å². The largest absolute Gasteiger partial charge is 0.495 e. The molecule has 10 nitrogen and oxygen atoms in total. The number of sulfonamides is 1. The van der Waals surface area contributed by atoms with Gasteiger partial charge in [0.2, 0.25) is 21.8 Å². The number of benzene rings is 2. The summed E-state index contributed by atoms with van der Waals surface area (Å²) in [6, 6.07) is 10.2. The molecule has 0 bridgehead atoms. The third-order valence-corrected chi connectivity index (χ3v) is 7.15. The van der Waals surface area contributed by atoms with E-state index in [-0.39, 0.29) is 28.2 Å². The average molecular weight is 508 g/mol. The van der Waals surface area contributed by atoms with Gasteiger partial charge in [0, 0.05) is 18.7 Å². The number of methoxy groups -OCH3 is 1. The summed E-state index contributed by atoms with van der Waals surface area (Å²) < 4.78 is 32.4. The lowest BCUT2D eigenvalue weighted by molar-refractivity contribution is -0.137. The molecular weight excluding hydrogens is 482 g/mol. The molecule has 0 spiro atoms. The number of halogens is 1. The molecule has 12 heteroatoms. The number of nitrogens with one attached hydrogen (secondary N) is 3. The van der Waals surface area contributed by atoms with Gasteiger partial charge in [-0.1, -0.05) is 35.9 Å². The van der Waals surface area contributed by atoms with E-state index in [1.165, 1.54) is 30.2 Å². The molecule has 2 aromatic rings. The van der Waals surface area contributed by atoms with Crippen molar-refractivity contribution in [3.63, 3.8) is 0 Å². The van der Waals surface area contributed by atoms with Crippen LogP contribution < -0.4 is 20.5 Å². The summed E-state index contributed by atoms with van der Waals surface area (Å²) in [4.78, 5) is 26.7. The summed E-state index contributed by atoms with van der Waals surface area (Å²) in [7, 11) is -2.57. The molecule has 1 aliphatic heterocycles. The number of rotatable bonds is 9. The van der Waals surface area contributed by atoms with E-state index in [9.17, 15) is 18.0 Å². The molecule has 1 heterocycles. The highest BCUT2D eigenvalue weighted by molar-refractivity contribution is 7.89. The Morgan fingerprint density at radius 3 is 2.56 bits per heavy atom.